The average molecular weight is 307 g/mol. The Labute approximate surface area is 105 Å². The third-order valence-electron chi connectivity index (χ3n) is 1.85. The van der Waals surface area contributed by atoms with Gasteiger partial charge in [-0.2, -0.15) is 0 Å². The molecule has 15 heavy (non-hydrogen) atoms. The third kappa shape index (κ3) is 2.36. The van der Waals surface area contributed by atoms with Gasteiger partial charge in [-0.05, 0) is 18.2 Å². The lowest BCUT2D eigenvalue weighted by Gasteiger charge is -1.99. The van der Waals surface area contributed by atoms with Crippen LogP contribution in [0.3, 0.4) is 0 Å². The lowest BCUT2D eigenvalue weighted by atomic mass is 10.2. The van der Waals surface area contributed by atoms with Crippen LogP contribution in [0.25, 0.3) is 11.5 Å². The quantitative estimate of drug-likeness (QED) is 0.764. The smallest absolute Gasteiger partial charge is 0.227 e. The highest BCUT2D eigenvalue weighted by Gasteiger charge is 2.10. The maximum absolute atomic E-state index is 6.05. The van der Waals surface area contributed by atoms with Crippen LogP contribution in [0.1, 0.15) is 5.69 Å². The van der Waals surface area contributed by atoms with Gasteiger partial charge in [0, 0.05) is 4.47 Å². The molecule has 0 saturated carbocycles. The SMILES string of the molecule is ClCc1coc(-c2ccc(Br)cc2Cl)n1. The fourth-order valence-corrected chi connectivity index (χ4v) is 2.03. The van der Waals surface area contributed by atoms with Crippen molar-refractivity contribution in [1.29, 1.82) is 0 Å². The van der Waals surface area contributed by atoms with Crippen LogP contribution in [0.4, 0.5) is 0 Å². The van der Waals surface area contributed by atoms with E-state index in [-0.39, 0.29) is 0 Å². The zero-order valence-electron chi connectivity index (χ0n) is 7.51. The van der Waals surface area contributed by atoms with Crippen molar-refractivity contribution in [3.63, 3.8) is 0 Å². The molecule has 5 heteroatoms. The first-order valence-electron chi connectivity index (χ1n) is 4.16. The maximum atomic E-state index is 6.05. The molecule has 0 saturated heterocycles. The lowest BCUT2D eigenvalue weighted by Crippen LogP contribution is -1.81. The molecule has 0 bridgehead atoms. The van der Waals surface area contributed by atoms with E-state index in [0.29, 0.717) is 22.5 Å². The van der Waals surface area contributed by atoms with Gasteiger partial charge in [-0.3, -0.25) is 0 Å². The highest BCUT2D eigenvalue weighted by Crippen LogP contribution is 2.29. The van der Waals surface area contributed by atoms with E-state index in [4.69, 9.17) is 27.6 Å². The minimum Gasteiger partial charge on any atom is -0.444 e. The van der Waals surface area contributed by atoms with E-state index in [0.717, 1.165) is 10.0 Å². The van der Waals surface area contributed by atoms with Crippen molar-refractivity contribution in [2.24, 2.45) is 0 Å². The average Bonchev–Trinajstić information content (AvgIpc) is 2.66. The summed E-state index contributed by atoms with van der Waals surface area (Å²) in [7, 11) is 0. The maximum Gasteiger partial charge on any atom is 0.227 e. The van der Waals surface area contributed by atoms with Gasteiger partial charge in [0.05, 0.1) is 22.2 Å². The zero-order valence-corrected chi connectivity index (χ0v) is 10.6. The van der Waals surface area contributed by atoms with Gasteiger partial charge in [0.15, 0.2) is 0 Å². The molecule has 78 valence electrons. The molecule has 1 aromatic heterocycles. The monoisotopic (exact) mass is 305 g/mol. The molecule has 0 radical (unpaired) electrons. The van der Waals surface area contributed by atoms with Gasteiger partial charge in [0.25, 0.3) is 0 Å². The summed E-state index contributed by atoms with van der Waals surface area (Å²) in [4.78, 5) is 4.19. The molecular formula is C10H6BrCl2NO. The van der Waals surface area contributed by atoms with E-state index >= 15 is 0 Å². The molecular weight excluding hydrogens is 301 g/mol. The molecule has 0 spiro atoms. The van der Waals surface area contributed by atoms with Crippen LogP contribution in [0.2, 0.25) is 5.02 Å². The Balaban J connectivity index is 2.44. The van der Waals surface area contributed by atoms with E-state index in [1.54, 1.807) is 6.07 Å². The van der Waals surface area contributed by atoms with Crippen molar-refractivity contribution >= 4 is 39.1 Å². The van der Waals surface area contributed by atoms with E-state index in [1.165, 1.54) is 6.26 Å². The number of aromatic nitrogens is 1. The minimum absolute atomic E-state index is 0.331. The molecule has 0 aliphatic rings. The van der Waals surface area contributed by atoms with Crippen LogP contribution in [-0.4, -0.2) is 4.98 Å². The number of oxazole rings is 1. The number of rotatable bonds is 2. The second-order valence-corrected chi connectivity index (χ2v) is 4.49. The van der Waals surface area contributed by atoms with Crippen LogP contribution in [0.15, 0.2) is 33.4 Å². The predicted octanol–water partition coefficient (Wildman–Crippen LogP) is 4.50. The summed E-state index contributed by atoms with van der Waals surface area (Å²) in [6.07, 6.45) is 1.53. The molecule has 2 nitrogen and oxygen atoms in total. The summed E-state index contributed by atoms with van der Waals surface area (Å²) < 4.78 is 6.18. The number of halogens is 3. The highest BCUT2D eigenvalue weighted by atomic mass is 79.9. The third-order valence-corrected chi connectivity index (χ3v) is 2.93. The Morgan fingerprint density at radius 1 is 1.40 bits per heavy atom. The first-order valence-corrected chi connectivity index (χ1v) is 5.87. The van der Waals surface area contributed by atoms with Gasteiger partial charge in [-0.15, -0.1) is 11.6 Å². The molecule has 0 amide bonds. The molecule has 0 N–H and O–H groups in total. The standard InChI is InChI=1S/C10H6BrCl2NO/c11-6-1-2-8(9(13)3-6)10-14-7(4-12)5-15-10/h1-3,5H,4H2. The molecule has 0 aliphatic carbocycles. The summed E-state index contributed by atoms with van der Waals surface area (Å²) in [5.41, 5.74) is 1.46. The Morgan fingerprint density at radius 2 is 2.20 bits per heavy atom. The summed E-state index contributed by atoms with van der Waals surface area (Å²) in [6.45, 7) is 0. The summed E-state index contributed by atoms with van der Waals surface area (Å²) >= 11 is 15.0. The minimum atomic E-state index is 0.331. The molecule has 0 fully saturated rings. The zero-order chi connectivity index (χ0) is 10.8. The van der Waals surface area contributed by atoms with E-state index in [2.05, 4.69) is 20.9 Å². The summed E-state index contributed by atoms with van der Waals surface area (Å²) in [6, 6.07) is 5.52. The van der Waals surface area contributed by atoms with Crippen molar-refractivity contribution in [3.05, 3.63) is 39.7 Å². The number of benzene rings is 1. The van der Waals surface area contributed by atoms with Crippen molar-refractivity contribution in [1.82, 2.24) is 4.98 Å². The van der Waals surface area contributed by atoms with Gasteiger partial charge >= 0.3 is 0 Å². The Morgan fingerprint density at radius 3 is 2.80 bits per heavy atom. The van der Waals surface area contributed by atoms with Crippen LogP contribution < -0.4 is 0 Å². The fraction of sp³-hybridized carbons (Fsp3) is 0.100. The molecule has 2 aromatic rings. The number of hydrogen-bond acceptors (Lipinski definition) is 2. The molecule has 2 rings (SSSR count). The normalized spacial score (nSPS) is 10.6. The number of hydrogen-bond donors (Lipinski definition) is 0. The van der Waals surface area contributed by atoms with Crippen LogP contribution in [-0.2, 0) is 5.88 Å². The van der Waals surface area contributed by atoms with Gasteiger partial charge in [-0.1, -0.05) is 27.5 Å². The van der Waals surface area contributed by atoms with Gasteiger partial charge in [0.2, 0.25) is 5.89 Å². The Bertz CT molecular complexity index is 484. The Kier molecular flexibility index (Phi) is 3.34. The first-order chi connectivity index (χ1) is 7.20. The first kappa shape index (κ1) is 11.0. The van der Waals surface area contributed by atoms with Crippen molar-refractivity contribution < 1.29 is 4.42 Å². The van der Waals surface area contributed by atoms with Gasteiger partial charge in [0.1, 0.15) is 6.26 Å². The molecule has 0 atom stereocenters. The second kappa shape index (κ2) is 4.56. The molecule has 0 aliphatic heterocycles. The summed E-state index contributed by atoms with van der Waals surface area (Å²) in [5, 5.41) is 0.590. The van der Waals surface area contributed by atoms with Gasteiger partial charge < -0.3 is 4.42 Å². The molecule has 1 aromatic carbocycles. The Hall–Kier alpha value is -0.510. The molecule has 0 unspecified atom stereocenters. The highest BCUT2D eigenvalue weighted by molar-refractivity contribution is 9.10. The number of nitrogens with zero attached hydrogens (tertiary/aromatic N) is 1. The van der Waals surface area contributed by atoms with Crippen LogP contribution >= 0.6 is 39.1 Å². The van der Waals surface area contributed by atoms with E-state index < -0.39 is 0 Å². The van der Waals surface area contributed by atoms with E-state index in [1.807, 2.05) is 12.1 Å². The summed E-state index contributed by atoms with van der Waals surface area (Å²) in [5.74, 6) is 0.820. The lowest BCUT2D eigenvalue weighted by molar-refractivity contribution is 0.573. The fourth-order valence-electron chi connectivity index (χ4n) is 1.15. The van der Waals surface area contributed by atoms with Crippen molar-refractivity contribution in [2.45, 2.75) is 5.88 Å². The second-order valence-electron chi connectivity index (χ2n) is 2.90. The molecule has 1 heterocycles. The largest absolute Gasteiger partial charge is 0.444 e. The topological polar surface area (TPSA) is 26.0 Å². The van der Waals surface area contributed by atoms with Crippen LogP contribution in [0, 0.1) is 0 Å². The van der Waals surface area contributed by atoms with E-state index in [9.17, 15) is 0 Å². The van der Waals surface area contributed by atoms with Gasteiger partial charge in [-0.25, -0.2) is 4.98 Å². The van der Waals surface area contributed by atoms with Crippen molar-refractivity contribution in [3.8, 4) is 11.5 Å². The number of alkyl halides is 1. The predicted molar refractivity (Wildman–Crippen MR) is 64.2 cm³/mol. The van der Waals surface area contributed by atoms with Crippen molar-refractivity contribution in [2.75, 3.05) is 0 Å². The van der Waals surface area contributed by atoms with Crippen LogP contribution in [0.5, 0.6) is 0 Å².